The lowest BCUT2D eigenvalue weighted by Crippen LogP contribution is -2.63. The number of ether oxygens (including phenoxy) is 1. The molecule has 0 aromatic heterocycles. The van der Waals surface area contributed by atoms with Gasteiger partial charge in [-0.15, -0.1) is 0 Å². The first-order valence-electron chi connectivity index (χ1n) is 5.35. The van der Waals surface area contributed by atoms with Crippen LogP contribution in [-0.2, 0) is 4.74 Å². The largest absolute Gasteiger partial charge is 0.394 e. The number of rotatable bonds is 5. The maximum atomic E-state index is 9.71. The van der Waals surface area contributed by atoms with Crippen LogP contribution >= 0.6 is 0 Å². The van der Waals surface area contributed by atoms with Gasteiger partial charge in [0.15, 0.2) is 6.29 Å². The number of nitrogens with one attached hydrogen (secondary N) is 1. The van der Waals surface area contributed by atoms with Gasteiger partial charge in [-0.25, -0.2) is 0 Å². The first kappa shape index (κ1) is 13.8. The summed E-state index contributed by atoms with van der Waals surface area (Å²) in [6, 6.07) is -0.616. The molecule has 0 bridgehead atoms. The topological polar surface area (TPSA) is 128 Å². The fourth-order valence-corrected chi connectivity index (χ4v) is 1.72. The van der Waals surface area contributed by atoms with Crippen LogP contribution < -0.4 is 11.1 Å². The summed E-state index contributed by atoms with van der Waals surface area (Å²) in [5, 5.41) is 40.4. The Morgan fingerprint density at radius 2 is 1.88 bits per heavy atom. The third-order valence-electron chi connectivity index (χ3n) is 2.67. The minimum atomic E-state index is -1.47. The fourth-order valence-electron chi connectivity index (χ4n) is 1.72. The molecule has 0 aromatic rings. The highest BCUT2D eigenvalue weighted by atomic mass is 16.6. The maximum Gasteiger partial charge on any atom is 0.183 e. The molecule has 1 aliphatic rings. The second-order valence-electron chi connectivity index (χ2n) is 3.85. The van der Waals surface area contributed by atoms with E-state index in [1.165, 1.54) is 0 Å². The molecule has 0 radical (unpaired) electrons. The van der Waals surface area contributed by atoms with Gasteiger partial charge >= 0.3 is 0 Å². The monoisotopic (exact) mass is 236 g/mol. The van der Waals surface area contributed by atoms with Gasteiger partial charge < -0.3 is 36.2 Å². The summed E-state index contributed by atoms with van der Waals surface area (Å²) >= 11 is 0. The first-order chi connectivity index (χ1) is 7.61. The van der Waals surface area contributed by atoms with E-state index in [1.807, 2.05) is 0 Å². The Balaban J connectivity index is 2.55. The van der Waals surface area contributed by atoms with Crippen molar-refractivity contribution >= 4 is 0 Å². The van der Waals surface area contributed by atoms with E-state index >= 15 is 0 Å². The summed E-state index contributed by atoms with van der Waals surface area (Å²) in [6.07, 6.45) is -4.07. The third-order valence-corrected chi connectivity index (χ3v) is 2.67. The molecule has 3 unspecified atom stereocenters. The number of hydrogen-bond acceptors (Lipinski definition) is 7. The number of nitrogens with two attached hydrogens (primary N) is 1. The smallest absolute Gasteiger partial charge is 0.183 e. The van der Waals surface area contributed by atoms with Gasteiger partial charge in [-0.1, -0.05) is 0 Å². The summed E-state index contributed by atoms with van der Waals surface area (Å²) in [5.74, 6) is 0. The number of aliphatic hydroxyl groups is 4. The zero-order valence-corrected chi connectivity index (χ0v) is 8.99. The van der Waals surface area contributed by atoms with Gasteiger partial charge in [0, 0.05) is 0 Å². The lowest BCUT2D eigenvalue weighted by molar-refractivity contribution is -0.262. The molecule has 1 heterocycles. The predicted molar refractivity (Wildman–Crippen MR) is 55.4 cm³/mol. The van der Waals surface area contributed by atoms with Crippen molar-refractivity contribution in [3.63, 3.8) is 0 Å². The van der Waals surface area contributed by atoms with Crippen LogP contribution in [0.3, 0.4) is 0 Å². The van der Waals surface area contributed by atoms with Crippen molar-refractivity contribution in [1.29, 1.82) is 0 Å². The molecule has 0 aliphatic carbocycles. The minimum absolute atomic E-state index is 0.346. The van der Waals surface area contributed by atoms with E-state index in [-0.39, 0.29) is 6.61 Å². The average Bonchev–Trinajstić information content (AvgIpc) is 2.29. The zero-order valence-electron chi connectivity index (χ0n) is 8.99. The van der Waals surface area contributed by atoms with E-state index in [0.29, 0.717) is 19.5 Å². The molecule has 7 heteroatoms. The molecule has 16 heavy (non-hydrogen) atoms. The van der Waals surface area contributed by atoms with Crippen molar-refractivity contribution in [3.8, 4) is 0 Å². The van der Waals surface area contributed by atoms with Gasteiger partial charge in [-0.3, -0.25) is 0 Å². The van der Waals surface area contributed by atoms with Crippen molar-refractivity contribution in [3.05, 3.63) is 0 Å². The fraction of sp³-hybridized carbons (Fsp3) is 1.00. The lowest BCUT2D eigenvalue weighted by atomic mass is 9.96. The molecule has 0 aromatic carbocycles. The molecule has 0 spiro atoms. The molecule has 0 amide bonds. The number of hydrogen-bond donors (Lipinski definition) is 6. The standard InChI is InChI=1S/C9H20N2O5/c10-2-1-3-11-6-5(4-12)16-9(15)8(14)7(6)13/h5-9,11-15H,1-4,10H2/t5?,6-,7?,8?,9+/m1/s1. The van der Waals surface area contributed by atoms with Crippen LogP contribution in [0, 0.1) is 0 Å². The van der Waals surface area contributed by atoms with Gasteiger partial charge in [0.2, 0.25) is 0 Å². The second-order valence-corrected chi connectivity index (χ2v) is 3.85. The van der Waals surface area contributed by atoms with Crippen LogP contribution in [0.15, 0.2) is 0 Å². The highest BCUT2D eigenvalue weighted by molar-refractivity contribution is 4.93. The van der Waals surface area contributed by atoms with E-state index in [2.05, 4.69) is 5.32 Å². The average molecular weight is 236 g/mol. The van der Waals surface area contributed by atoms with E-state index in [4.69, 9.17) is 15.6 Å². The minimum Gasteiger partial charge on any atom is -0.394 e. The van der Waals surface area contributed by atoms with Crippen LogP contribution in [0.5, 0.6) is 0 Å². The van der Waals surface area contributed by atoms with Crippen LogP contribution in [0.1, 0.15) is 6.42 Å². The van der Waals surface area contributed by atoms with Crippen molar-refractivity contribution in [2.45, 2.75) is 37.1 Å². The second kappa shape index (κ2) is 6.45. The van der Waals surface area contributed by atoms with Gasteiger partial charge in [0.05, 0.1) is 12.6 Å². The predicted octanol–water partition coefficient (Wildman–Crippen LogP) is -3.28. The van der Waals surface area contributed by atoms with Crippen molar-refractivity contribution in [2.24, 2.45) is 5.73 Å². The zero-order chi connectivity index (χ0) is 12.1. The molecule has 96 valence electrons. The molecule has 7 nitrogen and oxygen atoms in total. The molecular weight excluding hydrogens is 216 g/mol. The van der Waals surface area contributed by atoms with Crippen molar-refractivity contribution in [1.82, 2.24) is 5.32 Å². The van der Waals surface area contributed by atoms with E-state index in [9.17, 15) is 15.3 Å². The molecule has 1 aliphatic heterocycles. The Morgan fingerprint density at radius 3 is 2.44 bits per heavy atom. The van der Waals surface area contributed by atoms with E-state index in [1.54, 1.807) is 0 Å². The molecule has 0 saturated carbocycles. The molecule has 7 N–H and O–H groups in total. The van der Waals surface area contributed by atoms with Crippen LogP contribution in [0.2, 0.25) is 0 Å². The highest BCUT2D eigenvalue weighted by Crippen LogP contribution is 2.19. The van der Waals surface area contributed by atoms with Crippen LogP contribution in [-0.4, -0.2) is 70.8 Å². The van der Waals surface area contributed by atoms with Gasteiger partial charge in [0.1, 0.15) is 18.3 Å². The van der Waals surface area contributed by atoms with Gasteiger partial charge in [-0.2, -0.15) is 0 Å². The summed E-state index contributed by atoms with van der Waals surface area (Å²) in [5.41, 5.74) is 5.32. The molecule has 1 rings (SSSR count). The lowest BCUT2D eigenvalue weighted by Gasteiger charge is -2.40. The molecule has 1 fully saturated rings. The van der Waals surface area contributed by atoms with E-state index < -0.39 is 30.6 Å². The van der Waals surface area contributed by atoms with E-state index in [0.717, 1.165) is 0 Å². The SMILES string of the molecule is NCCCN[C@@H]1C(CO)O[C@H](O)C(O)C1O. The summed E-state index contributed by atoms with van der Waals surface area (Å²) in [4.78, 5) is 0. The summed E-state index contributed by atoms with van der Waals surface area (Å²) < 4.78 is 4.96. The Hall–Kier alpha value is -0.280. The summed E-state index contributed by atoms with van der Waals surface area (Å²) in [6.45, 7) is 0.702. The Labute approximate surface area is 93.8 Å². The van der Waals surface area contributed by atoms with Crippen LogP contribution in [0.4, 0.5) is 0 Å². The highest BCUT2D eigenvalue weighted by Gasteiger charge is 2.43. The Bertz CT molecular complexity index is 204. The Kier molecular flexibility index (Phi) is 5.56. The normalized spacial score (nSPS) is 39.9. The van der Waals surface area contributed by atoms with Crippen molar-refractivity contribution in [2.75, 3.05) is 19.7 Å². The van der Waals surface area contributed by atoms with Crippen LogP contribution in [0.25, 0.3) is 0 Å². The molecule has 5 atom stereocenters. The third kappa shape index (κ3) is 3.11. The Morgan fingerprint density at radius 1 is 1.19 bits per heavy atom. The van der Waals surface area contributed by atoms with Gasteiger partial charge in [-0.05, 0) is 19.5 Å². The summed E-state index contributed by atoms with van der Waals surface area (Å²) in [7, 11) is 0. The first-order valence-corrected chi connectivity index (χ1v) is 5.35. The number of aliphatic hydroxyl groups excluding tert-OH is 4. The molecule has 1 saturated heterocycles. The van der Waals surface area contributed by atoms with Crippen molar-refractivity contribution < 1.29 is 25.2 Å². The maximum absolute atomic E-state index is 9.71. The quantitative estimate of drug-likeness (QED) is 0.276. The van der Waals surface area contributed by atoms with Gasteiger partial charge in [0.25, 0.3) is 0 Å². The molecular formula is C9H20N2O5.